The van der Waals surface area contributed by atoms with Crippen molar-refractivity contribution in [3.63, 3.8) is 0 Å². The maximum Gasteiger partial charge on any atom is 0.231 e. The second kappa shape index (κ2) is 3.64. The van der Waals surface area contributed by atoms with Crippen LogP contribution in [0.2, 0.25) is 0 Å². The summed E-state index contributed by atoms with van der Waals surface area (Å²) in [5, 5.41) is 9.12. The molecule has 5 nitrogen and oxygen atoms in total. The summed E-state index contributed by atoms with van der Waals surface area (Å²) in [6, 6.07) is 6.21. The van der Waals surface area contributed by atoms with Gasteiger partial charge in [0.25, 0.3) is 0 Å². The Labute approximate surface area is 92.9 Å². The molecule has 0 fully saturated rings. The Balaban J connectivity index is 2.58. The second-order valence-corrected chi connectivity index (χ2v) is 5.28. The van der Waals surface area contributed by atoms with Crippen molar-refractivity contribution in [1.82, 2.24) is 9.55 Å². The summed E-state index contributed by atoms with van der Waals surface area (Å²) in [6.07, 6.45) is 4.08. The predicted molar refractivity (Wildman–Crippen MR) is 58.3 cm³/mol. The summed E-state index contributed by atoms with van der Waals surface area (Å²) in [5.41, 5.74) is 0.635. The number of aromatic nitrogens is 2. The fourth-order valence-electron chi connectivity index (χ4n) is 1.37. The number of sulfone groups is 1. The van der Waals surface area contributed by atoms with E-state index in [1.807, 2.05) is 0 Å². The highest BCUT2D eigenvalue weighted by Crippen LogP contribution is 2.17. The van der Waals surface area contributed by atoms with Gasteiger partial charge < -0.3 is 5.11 Å². The Kier molecular flexibility index (Phi) is 2.43. The van der Waals surface area contributed by atoms with Gasteiger partial charge in [0.1, 0.15) is 5.75 Å². The maximum atomic E-state index is 11.4. The van der Waals surface area contributed by atoms with Crippen LogP contribution in [0.15, 0.2) is 41.8 Å². The van der Waals surface area contributed by atoms with Gasteiger partial charge in [0.05, 0.1) is 0 Å². The third kappa shape index (κ3) is 1.92. The summed E-state index contributed by atoms with van der Waals surface area (Å²) < 4.78 is 24.3. The topological polar surface area (TPSA) is 72.2 Å². The molecular weight excluding hydrogens is 228 g/mol. The highest BCUT2D eigenvalue weighted by molar-refractivity contribution is 7.90. The zero-order chi connectivity index (χ0) is 11.8. The van der Waals surface area contributed by atoms with Crippen LogP contribution in [0.3, 0.4) is 0 Å². The lowest BCUT2D eigenvalue weighted by Gasteiger charge is -2.05. The van der Waals surface area contributed by atoms with Gasteiger partial charge in [-0.1, -0.05) is 0 Å². The molecule has 0 aliphatic rings. The molecule has 0 aliphatic heterocycles. The van der Waals surface area contributed by atoms with Gasteiger partial charge in [-0.15, -0.1) is 0 Å². The number of imidazole rings is 1. The molecule has 0 aliphatic carbocycles. The Bertz CT molecular complexity index is 599. The van der Waals surface area contributed by atoms with Crippen LogP contribution in [0.1, 0.15) is 0 Å². The van der Waals surface area contributed by atoms with Gasteiger partial charge in [-0.3, -0.25) is 4.57 Å². The van der Waals surface area contributed by atoms with Gasteiger partial charge in [-0.05, 0) is 24.3 Å². The van der Waals surface area contributed by atoms with E-state index in [0.717, 1.165) is 6.26 Å². The molecule has 84 valence electrons. The number of hydrogen-bond donors (Lipinski definition) is 1. The van der Waals surface area contributed by atoms with Crippen molar-refractivity contribution in [2.45, 2.75) is 5.16 Å². The minimum absolute atomic E-state index is 0.0156. The predicted octanol–water partition coefficient (Wildman–Crippen LogP) is 0.981. The number of rotatable bonds is 2. The first kappa shape index (κ1) is 10.7. The van der Waals surface area contributed by atoms with E-state index in [1.165, 1.54) is 22.9 Å². The van der Waals surface area contributed by atoms with Gasteiger partial charge in [-0.25, -0.2) is 13.4 Å². The van der Waals surface area contributed by atoms with Crippen molar-refractivity contribution in [1.29, 1.82) is 0 Å². The quantitative estimate of drug-likeness (QED) is 0.846. The van der Waals surface area contributed by atoms with Crippen molar-refractivity contribution >= 4 is 9.84 Å². The molecule has 2 rings (SSSR count). The molecule has 0 unspecified atom stereocenters. The first-order valence-corrected chi connectivity index (χ1v) is 6.40. The fourth-order valence-corrected chi connectivity index (χ4v) is 2.15. The van der Waals surface area contributed by atoms with Crippen molar-refractivity contribution in [3.8, 4) is 11.4 Å². The zero-order valence-electron chi connectivity index (χ0n) is 8.53. The van der Waals surface area contributed by atoms with Crippen molar-refractivity contribution in [2.75, 3.05) is 6.26 Å². The molecule has 0 radical (unpaired) electrons. The number of nitrogens with zero attached hydrogens (tertiary/aromatic N) is 2. The Morgan fingerprint density at radius 1 is 1.25 bits per heavy atom. The van der Waals surface area contributed by atoms with E-state index < -0.39 is 9.84 Å². The highest BCUT2D eigenvalue weighted by atomic mass is 32.2. The molecule has 0 saturated heterocycles. The normalized spacial score (nSPS) is 11.6. The Morgan fingerprint density at radius 2 is 1.88 bits per heavy atom. The molecular formula is C10H10N2O3S. The van der Waals surface area contributed by atoms with Gasteiger partial charge in [0.2, 0.25) is 15.0 Å². The SMILES string of the molecule is CS(=O)(=O)c1nccn1-c1ccc(O)cc1. The Morgan fingerprint density at radius 3 is 2.44 bits per heavy atom. The van der Waals surface area contributed by atoms with Crippen LogP contribution >= 0.6 is 0 Å². The largest absolute Gasteiger partial charge is 0.508 e. The molecule has 0 bridgehead atoms. The van der Waals surface area contributed by atoms with Crippen molar-refractivity contribution < 1.29 is 13.5 Å². The second-order valence-electron chi connectivity index (χ2n) is 3.37. The summed E-state index contributed by atoms with van der Waals surface area (Å²) in [4.78, 5) is 3.80. The first-order valence-electron chi connectivity index (χ1n) is 4.51. The molecule has 0 saturated carbocycles. The van der Waals surface area contributed by atoms with Gasteiger partial charge >= 0.3 is 0 Å². The van der Waals surface area contributed by atoms with E-state index in [4.69, 9.17) is 5.11 Å². The van der Waals surface area contributed by atoms with Crippen LogP contribution in [0.25, 0.3) is 5.69 Å². The summed E-state index contributed by atoms with van der Waals surface area (Å²) in [5.74, 6) is 0.129. The van der Waals surface area contributed by atoms with Crippen molar-refractivity contribution in [3.05, 3.63) is 36.7 Å². The molecule has 1 N–H and O–H groups in total. The Hall–Kier alpha value is -1.82. The first-order chi connectivity index (χ1) is 7.48. The average molecular weight is 238 g/mol. The highest BCUT2D eigenvalue weighted by Gasteiger charge is 2.15. The summed E-state index contributed by atoms with van der Waals surface area (Å²) in [7, 11) is -3.36. The third-order valence-electron chi connectivity index (χ3n) is 2.07. The molecule has 1 heterocycles. The van der Waals surface area contributed by atoms with E-state index in [1.54, 1.807) is 18.3 Å². The smallest absolute Gasteiger partial charge is 0.231 e. The monoisotopic (exact) mass is 238 g/mol. The van der Waals surface area contributed by atoms with Crippen LogP contribution in [0.5, 0.6) is 5.75 Å². The maximum absolute atomic E-state index is 11.4. The lowest BCUT2D eigenvalue weighted by Crippen LogP contribution is -2.07. The van der Waals surface area contributed by atoms with Crippen molar-refractivity contribution in [2.24, 2.45) is 0 Å². The number of phenolic OH excluding ortho intramolecular Hbond substituents is 1. The molecule has 16 heavy (non-hydrogen) atoms. The molecule has 2 aromatic rings. The van der Waals surface area contributed by atoms with Gasteiger partial charge in [0, 0.05) is 24.3 Å². The van der Waals surface area contributed by atoms with Crippen LogP contribution in [-0.2, 0) is 9.84 Å². The van der Waals surface area contributed by atoms with E-state index in [0.29, 0.717) is 5.69 Å². The molecule has 0 spiro atoms. The van der Waals surface area contributed by atoms with Crippen LogP contribution in [-0.4, -0.2) is 29.3 Å². The number of aromatic hydroxyl groups is 1. The number of hydrogen-bond acceptors (Lipinski definition) is 4. The van der Waals surface area contributed by atoms with E-state index in [-0.39, 0.29) is 10.9 Å². The van der Waals surface area contributed by atoms with Crippen LogP contribution in [0.4, 0.5) is 0 Å². The molecule has 0 amide bonds. The molecule has 6 heteroatoms. The van der Waals surface area contributed by atoms with Crippen LogP contribution in [0, 0.1) is 0 Å². The minimum Gasteiger partial charge on any atom is -0.508 e. The fraction of sp³-hybridized carbons (Fsp3) is 0.100. The third-order valence-corrected chi connectivity index (χ3v) is 3.03. The minimum atomic E-state index is -3.36. The summed E-state index contributed by atoms with van der Waals surface area (Å²) >= 11 is 0. The van der Waals surface area contributed by atoms with E-state index in [2.05, 4.69) is 4.98 Å². The molecule has 1 aromatic heterocycles. The standard InChI is InChI=1S/C10H10N2O3S/c1-16(14,15)10-11-6-7-12(10)8-2-4-9(13)5-3-8/h2-7,13H,1H3. The van der Waals surface area contributed by atoms with Gasteiger partial charge in [-0.2, -0.15) is 0 Å². The molecule has 1 aromatic carbocycles. The lowest BCUT2D eigenvalue weighted by molar-refractivity contribution is 0.475. The number of phenols is 1. The zero-order valence-corrected chi connectivity index (χ0v) is 9.35. The number of benzene rings is 1. The molecule has 0 atom stereocenters. The van der Waals surface area contributed by atoms with Crippen LogP contribution < -0.4 is 0 Å². The van der Waals surface area contributed by atoms with Gasteiger partial charge in [0.15, 0.2) is 0 Å². The van der Waals surface area contributed by atoms with E-state index >= 15 is 0 Å². The average Bonchev–Trinajstić information content (AvgIpc) is 2.66. The summed E-state index contributed by atoms with van der Waals surface area (Å²) in [6.45, 7) is 0. The van der Waals surface area contributed by atoms with E-state index in [9.17, 15) is 8.42 Å². The lowest BCUT2D eigenvalue weighted by atomic mass is 10.3.